The van der Waals surface area contributed by atoms with Gasteiger partial charge in [-0.15, -0.1) is 5.10 Å². The number of rotatable bonds is 10. The molecule has 1 fully saturated rings. The van der Waals surface area contributed by atoms with Crippen LogP contribution in [0.25, 0.3) is 11.1 Å². The molecule has 6 nitrogen and oxygen atoms in total. The molecule has 3 aromatic carbocycles. The van der Waals surface area contributed by atoms with Crippen molar-refractivity contribution < 1.29 is 14.6 Å². The van der Waals surface area contributed by atoms with Crippen molar-refractivity contribution >= 4 is 11.9 Å². The van der Waals surface area contributed by atoms with Gasteiger partial charge in [-0.25, -0.2) is 0 Å². The van der Waals surface area contributed by atoms with E-state index in [1.165, 1.54) is 24.0 Å². The fourth-order valence-corrected chi connectivity index (χ4v) is 4.78. The van der Waals surface area contributed by atoms with E-state index in [0.29, 0.717) is 17.9 Å². The lowest BCUT2D eigenvalue weighted by Crippen LogP contribution is -2.36. The zero-order chi connectivity index (χ0) is 24.6. The average Bonchev–Trinajstić information content (AvgIpc) is 3.24. The van der Waals surface area contributed by atoms with E-state index in [2.05, 4.69) is 39.4 Å². The highest BCUT2D eigenvalue weighted by Gasteiger charge is 2.23. The highest BCUT2D eigenvalue weighted by atomic mass is 16.5. The van der Waals surface area contributed by atoms with Crippen molar-refractivity contribution in [1.82, 2.24) is 4.90 Å². The number of hydrogen-bond acceptors (Lipinski definition) is 6. The number of phenols is 1. The van der Waals surface area contributed by atoms with Gasteiger partial charge in [-0.2, -0.15) is 5.10 Å². The van der Waals surface area contributed by atoms with Crippen molar-refractivity contribution in [1.29, 1.82) is 0 Å². The van der Waals surface area contributed by atoms with Gasteiger partial charge >= 0.3 is 0 Å². The summed E-state index contributed by atoms with van der Waals surface area (Å²) in [6.45, 7) is 5.65. The Morgan fingerprint density at radius 1 is 0.833 bits per heavy atom. The number of benzene rings is 3. The molecule has 5 rings (SSSR count). The normalized spacial score (nSPS) is 15.2. The number of morpholine rings is 1. The van der Waals surface area contributed by atoms with Gasteiger partial charge in [0.25, 0.3) is 0 Å². The molecule has 1 aliphatic heterocycles. The molecule has 0 aromatic heterocycles. The molecule has 0 spiro atoms. The molecule has 0 saturated carbocycles. The van der Waals surface area contributed by atoms with Crippen molar-refractivity contribution in [3.63, 3.8) is 0 Å². The third kappa shape index (κ3) is 5.83. The molecule has 3 aromatic rings. The van der Waals surface area contributed by atoms with Crippen LogP contribution in [0.15, 0.2) is 76.9 Å². The van der Waals surface area contributed by atoms with E-state index in [0.717, 1.165) is 62.5 Å². The zero-order valence-corrected chi connectivity index (χ0v) is 20.6. The first-order chi connectivity index (χ1) is 17.8. The summed E-state index contributed by atoms with van der Waals surface area (Å²) in [5.74, 6) is 0.803. The van der Waals surface area contributed by atoms with E-state index >= 15 is 0 Å². The van der Waals surface area contributed by atoms with Gasteiger partial charge in [-0.05, 0) is 42.6 Å². The van der Waals surface area contributed by atoms with Crippen LogP contribution < -0.4 is 4.74 Å². The minimum Gasteiger partial charge on any atom is -0.507 e. The smallest absolute Gasteiger partial charge is 0.128 e. The summed E-state index contributed by atoms with van der Waals surface area (Å²) >= 11 is 0. The number of aromatic hydroxyl groups is 1. The molecule has 1 heterocycles. The largest absolute Gasteiger partial charge is 0.507 e. The first-order valence-corrected chi connectivity index (χ1v) is 12.9. The highest BCUT2D eigenvalue weighted by molar-refractivity contribution is 6.24. The third-order valence-corrected chi connectivity index (χ3v) is 6.75. The maximum absolute atomic E-state index is 10.5. The monoisotopic (exact) mass is 483 g/mol. The van der Waals surface area contributed by atoms with E-state index < -0.39 is 0 Å². The Bertz CT molecular complexity index is 1180. The Labute approximate surface area is 212 Å². The maximum Gasteiger partial charge on any atom is 0.128 e. The van der Waals surface area contributed by atoms with Crippen molar-refractivity contribution in [2.75, 3.05) is 39.5 Å². The minimum atomic E-state index is 0.134. The molecule has 0 radical (unpaired) electrons. The van der Waals surface area contributed by atoms with Gasteiger partial charge < -0.3 is 14.6 Å². The standard InChI is InChI=1S/C30H33N3O3/c34-29-21-24(36-18-8-2-1-7-15-33-16-19-35-20-17-33)14-13-23(29)22-31-32-30-27-11-5-3-9-25(27)26-10-4-6-12-28(26)30/h3-6,9-14,21-22,34H,1-2,7-8,15-20H2/b31-22+. The van der Waals surface area contributed by atoms with Crippen LogP contribution in [0.4, 0.5) is 0 Å². The van der Waals surface area contributed by atoms with E-state index in [1.54, 1.807) is 12.3 Å². The summed E-state index contributed by atoms with van der Waals surface area (Å²) in [5, 5.41) is 19.3. The molecule has 186 valence electrons. The summed E-state index contributed by atoms with van der Waals surface area (Å²) in [5.41, 5.74) is 5.94. The van der Waals surface area contributed by atoms with E-state index in [1.807, 2.05) is 36.4 Å². The summed E-state index contributed by atoms with van der Waals surface area (Å²) in [6.07, 6.45) is 6.17. The number of phenolic OH excluding ortho intramolecular Hbond substituents is 1. The molecule has 1 N–H and O–H groups in total. The number of ether oxygens (including phenoxy) is 2. The van der Waals surface area contributed by atoms with Crippen molar-refractivity contribution in [2.45, 2.75) is 25.7 Å². The van der Waals surface area contributed by atoms with Gasteiger partial charge in [-0.3, -0.25) is 4.90 Å². The van der Waals surface area contributed by atoms with Crippen LogP contribution in [0.5, 0.6) is 11.5 Å². The Hall–Kier alpha value is -3.48. The SMILES string of the molecule is Oc1cc(OCCCCCCN2CCOCC2)ccc1/C=N/N=C1c2ccccc2-c2ccccc21. The Morgan fingerprint density at radius 2 is 1.50 bits per heavy atom. The molecule has 6 heteroatoms. The van der Waals surface area contributed by atoms with Crippen LogP contribution >= 0.6 is 0 Å². The van der Waals surface area contributed by atoms with Crippen LogP contribution in [-0.2, 0) is 4.74 Å². The molecule has 1 saturated heterocycles. The second kappa shape index (κ2) is 12.0. The van der Waals surface area contributed by atoms with Gasteiger partial charge in [0.05, 0.1) is 26.0 Å². The quantitative estimate of drug-likeness (QED) is 0.183. The molecular weight excluding hydrogens is 450 g/mol. The maximum atomic E-state index is 10.5. The van der Waals surface area contributed by atoms with Crippen LogP contribution in [0.3, 0.4) is 0 Å². The molecule has 1 aliphatic carbocycles. The second-order valence-corrected chi connectivity index (χ2v) is 9.22. The number of nitrogens with zero attached hydrogens (tertiary/aromatic N) is 3. The number of fused-ring (bicyclic) bond motifs is 3. The lowest BCUT2D eigenvalue weighted by atomic mass is 10.1. The summed E-state index contributed by atoms with van der Waals surface area (Å²) < 4.78 is 11.2. The topological polar surface area (TPSA) is 66.7 Å². The van der Waals surface area contributed by atoms with E-state index in [-0.39, 0.29) is 5.75 Å². The zero-order valence-electron chi connectivity index (χ0n) is 20.6. The summed E-state index contributed by atoms with van der Waals surface area (Å²) in [6, 6.07) is 21.8. The molecule has 0 amide bonds. The van der Waals surface area contributed by atoms with Gasteiger partial charge in [0.2, 0.25) is 0 Å². The average molecular weight is 484 g/mol. The first kappa shape index (κ1) is 24.2. The molecule has 0 atom stereocenters. The van der Waals surface area contributed by atoms with Crippen LogP contribution in [0.1, 0.15) is 42.4 Å². The van der Waals surface area contributed by atoms with Crippen LogP contribution in [0.2, 0.25) is 0 Å². The highest BCUT2D eigenvalue weighted by Crippen LogP contribution is 2.36. The first-order valence-electron chi connectivity index (χ1n) is 12.9. The molecular formula is C30H33N3O3. The van der Waals surface area contributed by atoms with Crippen molar-refractivity contribution in [3.05, 3.63) is 83.4 Å². The van der Waals surface area contributed by atoms with E-state index in [4.69, 9.17) is 9.47 Å². The predicted molar refractivity (Wildman–Crippen MR) is 144 cm³/mol. The van der Waals surface area contributed by atoms with Gasteiger partial charge in [0.15, 0.2) is 0 Å². The van der Waals surface area contributed by atoms with Crippen molar-refractivity contribution in [3.8, 4) is 22.6 Å². The van der Waals surface area contributed by atoms with Gasteiger partial charge in [-0.1, -0.05) is 61.4 Å². The number of unbranched alkanes of at least 4 members (excludes halogenated alkanes) is 3. The summed E-state index contributed by atoms with van der Waals surface area (Å²) in [7, 11) is 0. The fourth-order valence-electron chi connectivity index (χ4n) is 4.78. The molecule has 2 aliphatic rings. The van der Waals surface area contributed by atoms with Gasteiger partial charge in [0, 0.05) is 35.8 Å². The van der Waals surface area contributed by atoms with Gasteiger partial charge in [0.1, 0.15) is 17.2 Å². The third-order valence-electron chi connectivity index (χ3n) is 6.75. The number of hydrogen-bond donors (Lipinski definition) is 1. The summed E-state index contributed by atoms with van der Waals surface area (Å²) in [4.78, 5) is 2.48. The molecule has 0 unspecified atom stereocenters. The predicted octanol–water partition coefficient (Wildman–Crippen LogP) is 5.52. The Morgan fingerprint density at radius 3 is 2.19 bits per heavy atom. The lowest BCUT2D eigenvalue weighted by Gasteiger charge is -2.26. The van der Waals surface area contributed by atoms with Crippen LogP contribution in [0, 0.1) is 0 Å². The molecule has 36 heavy (non-hydrogen) atoms. The van der Waals surface area contributed by atoms with Crippen LogP contribution in [-0.4, -0.2) is 61.4 Å². The Kier molecular flexibility index (Phi) is 8.06. The fraction of sp³-hybridized carbons (Fsp3) is 0.333. The molecule has 0 bridgehead atoms. The van der Waals surface area contributed by atoms with Crippen molar-refractivity contribution in [2.24, 2.45) is 10.2 Å². The lowest BCUT2D eigenvalue weighted by molar-refractivity contribution is 0.0371. The minimum absolute atomic E-state index is 0.134. The second-order valence-electron chi connectivity index (χ2n) is 9.22. The van der Waals surface area contributed by atoms with E-state index in [9.17, 15) is 5.11 Å². The Balaban J connectivity index is 1.11.